The first kappa shape index (κ1) is 6.79. The molecule has 1 rings (SSSR count). The molecular formula is C8H14O. The standard InChI is InChI=1S/C8H14O/c1-4-8(6-9)5-7(8,2)3/h6H,4-5H2,1-3H3. The summed E-state index contributed by atoms with van der Waals surface area (Å²) in [6.07, 6.45) is 3.22. The average molecular weight is 126 g/mol. The van der Waals surface area contributed by atoms with Crippen LogP contribution in [0.4, 0.5) is 0 Å². The largest absolute Gasteiger partial charge is 0.303 e. The van der Waals surface area contributed by atoms with E-state index in [1.54, 1.807) is 0 Å². The molecular weight excluding hydrogens is 112 g/mol. The van der Waals surface area contributed by atoms with Gasteiger partial charge in [-0.25, -0.2) is 0 Å². The van der Waals surface area contributed by atoms with Gasteiger partial charge in [0.2, 0.25) is 0 Å². The Balaban J connectivity index is 2.68. The summed E-state index contributed by atoms with van der Waals surface area (Å²) in [5.74, 6) is 0. The number of carbonyl (C=O) groups is 1. The quantitative estimate of drug-likeness (QED) is 0.517. The number of hydrogen-bond acceptors (Lipinski definition) is 1. The highest BCUT2D eigenvalue weighted by Crippen LogP contribution is 2.63. The molecule has 1 fully saturated rings. The minimum Gasteiger partial charge on any atom is -0.303 e. The van der Waals surface area contributed by atoms with E-state index in [4.69, 9.17) is 0 Å². The van der Waals surface area contributed by atoms with Crippen LogP contribution in [-0.4, -0.2) is 6.29 Å². The van der Waals surface area contributed by atoms with Gasteiger partial charge in [0, 0.05) is 5.41 Å². The minimum absolute atomic E-state index is 0.0486. The van der Waals surface area contributed by atoms with Gasteiger partial charge in [-0.1, -0.05) is 20.8 Å². The number of hydrogen-bond donors (Lipinski definition) is 0. The van der Waals surface area contributed by atoms with E-state index in [1.165, 1.54) is 0 Å². The molecule has 52 valence electrons. The summed E-state index contributed by atoms with van der Waals surface area (Å²) in [4.78, 5) is 10.5. The van der Waals surface area contributed by atoms with Gasteiger partial charge < -0.3 is 4.79 Å². The summed E-state index contributed by atoms with van der Waals surface area (Å²) >= 11 is 0. The molecule has 9 heavy (non-hydrogen) atoms. The van der Waals surface area contributed by atoms with E-state index < -0.39 is 0 Å². The highest BCUT2D eigenvalue weighted by Gasteiger charge is 2.59. The Kier molecular flexibility index (Phi) is 1.20. The van der Waals surface area contributed by atoms with Crippen LogP contribution >= 0.6 is 0 Å². The third-order valence-corrected chi connectivity index (χ3v) is 2.84. The van der Waals surface area contributed by atoms with Crippen LogP contribution in [-0.2, 0) is 4.79 Å². The lowest BCUT2D eigenvalue weighted by molar-refractivity contribution is -0.113. The second-order valence-electron chi connectivity index (χ2n) is 3.69. The van der Waals surface area contributed by atoms with Gasteiger partial charge in [0.1, 0.15) is 6.29 Å². The molecule has 0 amide bonds. The highest BCUT2D eigenvalue weighted by atomic mass is 16.1. The van der Waals surface area contributed by atoms with Crippen molar-refractivity contribution in [3.63, 3.8) is 0 Å². The van der Waals surface area contributed by atoms with Crippen LogP contribution in [0.5, 0.6) is 0 Å². The molecule has 1 heteroatoms. The first-order valence-corrected chi connectivity index (χ1v) is 3.54. The summed E-state index contributed by atoms with van der Waals surface area (Å²) in [6.45, 7) is 6.40. The minimum atomic E-state index is 0.0486. The maximum absolute atomic E-state index is 10.5. The fraction of sp³-hybridized carbons (Fsp3) is 0.875. The lowest BCUT2D eigenvalue weighted by Gasteiger charge is -2.08. The molecule has 0 aromatic heterocycles. The van der Waals surface area contributed by atoms with Crippen molar-refractivity contribution in [1.82, 2.24) is 0 Å². The molecule has 0 aromatic rings. The molecule has 0 saturated heterocycles. The first-order valence-electron chi connectivity index (χ1n) is 3.54. The van der Waals surface area contributed by atoms with Gasteiger partial charge >= 0.3 is 0 Å². The Morgan fingerprint density at radius 1 is 1.56 bits per heavy atom. The molecule has 0 aromatic carbocycles. The Labute approximate surface area is 56.4 Å². The van der Waals surface area contributed by atoms with Gasteiger partial charge in [-0.15, -0.1) is 0 Å². The maximum atomic E-state index is 10.5. The third kappa shape index (κ3) is 0.707. The zero-order valence-corrected chi connectivity index (χ0v) is 6.40. The molecule has 0 N–H and O–H groups in total. The molecule has 1 aliphatic rings. The predicted molar refractivity (Wildman–Crippen MR) is 37.2 cm³/mol. The van der Waals surface area contributed by atoms with Gasteiger partial charge in [0.15, 0.2) is 0 Å². The Morgan fingerprint density at radius 2 is 2.00 bits per heavy atom. The molecule has 0 bridgehead atoms. The monoisotopic (exact) mass is 126 g/mol. The molecule has 1 saturated carbocycles. The van der Waals surface area contributed by atoms with E-state index in [1.807, 2.05) is 0 Å². The maximum Gasteiger partial charge on any atom is 0.126 e. The Bertz CT molecular complexity index is 138. The smallest absolute Gasteiger partial charge is 0.126 e. The molecule has 0 spiro atoms. The van der Waals surface area contributed by atoms with Crippen molar-refractivity contribution in [2.75, 3.05) is 0 Å². The van der Waals surface area contributed by atoms with E-state index in [0.717, 1.165) is 19.1 Å². The van der Waals surface area contributed by atoms with Crippen molar-refractivity contribution in [1.29, 1.82) is 0 Å². The summed E-state index contributed by atoms with van der Waals surface area (Å²) in [6, 6.07) is 0. The fourth-order valence-corrected chi connectivity index (χ4v) is 1.63. The van der Waals surface area contributed by atoms with Gasteiger partial charge in [-0.2, -0.15) is 0 Å². The van der Waals surface area contributed by atoms with Crippen LogP contribution < -0.4 is 0 Å². The highest BCUT2D eigenvalue weighted by molar-refractivity contribution is 5.66. The van der Waals surface area contributed by atoms with Gasteiger partial charge in [0.05, 0.1) is 0 Å². The lowest BCUT2D eigenvalue weighted by Crippen LogP contribution is -2.08. The van der Waals surface area contributed by atoms with Crippen molar-refractivity contribution >= 4 is 6.29 Å². The van der Waals surface area contributed by atoms with Crippen LogP contribution in [0, 0.1) is 10.8 Å². The fourth-order valence-electron chi connectivity index (χ4n) is 1.63. The van der Waals surface area contributed by atoms with E-state index in [0.29, 0.717) is 5.41 Å². The Morgan fingerprint density at radius 3 is 2.00 bits per heavy atom. The van der Waals surface area contributed by atoms with Gasteiger partial charge in [0.25, 0.3) is 0 Å². The van der Waals surface area contributed by atoms with Crippen molar-refractivity contribution in [3.05, 3.63) is 0 Å². The van der Waals surface area contributed by atoms with E-state index in [2.05, 4.69) is 20.8 Å². The van der Waals surface area contributed by atoms with Crippen LogP contribution in [0.15, 0.2) is 0 Å². The van der Waals surface area contributed by atoms with Gasteiger partial charge in [-0.05, 0) is 18.3 Å². The lowest BCUT2D eigenvalue weighted by atomic mass is 9.95. The van der Waals surface area contributed by atoms with Crippen LogP contribution in [0.2, 0.25) is 0 Å². The molecule has 0 radical (unpaired) electrons. The second kappa shape index (κ2) is 1.59. The van der Waals surface area contributed by atoms with E-state index >= 15 is 0 Å². The number of rotatable bonds is 2. The topological polar surface area (TPSA) is 17.1 Å². The first-order chi connectivity index (χ1) is 4.08. The summed E-state index contributed by atoms with van der Waals surface area (Å²) < 4.78 is 0. The van der Waals surface area contributed by atoms with E-state index in [-0.39, 0.29) is 5.41 Å². The van der Waals surface area contributed by atoms with Crippen LogP contribution in [0.1, 0.15) is 33.6 Å². The average Bonchev–Trinajstić information content (AvgIpc) is 2.35. The van der Waals surface area contributed by atoms with E-state index in [9.17, 15) is 4.79 Å². The SMILES string of the molecule is CCC1(C=O)CC1(C)C. The van der Waals surface area contributed by atoms with Crippen LogP contribution in [0.3, 0.4) is 0 Å². The van der Waals surface area contributed by atoms with Crippen molar-refractivity contribution < 1.29 is 4.79 Å². The summed E-state index contributed by atoms with van der Waals surface area (Å²) in [7, 11) is 0. The second-order valence-corrected chi connectivity index (χ2v) is 3.69. The zero-order chi connectivity index (χ0) is 7.12. The normalized spacial score (nSPS) is 38.1. The van der Waals surface area contributed by atoms with Crippen molar-refractivity contribution in [2.24, 2.45) is 10.8 Å². The predicted octanol–water partition coefficient (Wildman–Crippen LogP) is 2.01. The Hall–Kier alpha value is -0.330. The summed E-state index contributed by atoms with van der Waals surface area (Å²) in [5.41, 5.74) is 0.344. The third-order valence-electron chi connectivity index (χ3n) is 2.84. The van der Waals surface area contributed by atoms with Gasteiger partial charge in [-0.3, -0.25) is 0 Å². The van der Waals surface area contributed by atoms with Crippen LogP contribution in [0.25, 0.3) is 0 Å². The molecule has 1 aliphatic carbocycles. The molecule has 1 unspecified atom stereocenters. The summed E-state index contributed by atoms with van der Waals surface area (Å²) in [5, 5.41) is 0. The molecule has 1 nitrogen and oxygen atoms in total. The number of carbonyl (C=O) groups excluding carboxylic acids is 1. The zero-order valence-electron chi connectivity index (χ0n) is 6.40. The molecule has 1 atom stereocenters. The molecule has 0 heterocycles. The van der Waals surface area contributed by atoms with Crippen molar-refractivity contribution in [3.8, 4) is 0 Å². The molecule has 0 aliphatic heterocycles. The number of aldehydes is 1. The van der Waals surface area contributed by atoms with Crippen molar-refractivity contribution in [2.45, 2.75) is 33.6 Å².